The third-order valence-electron chi connectivity index (χ3n) is 3.25. The third kappa shape index (κ3) is 6.03. The summed E-state index contributed by atoms with van der Waals surface area (Å²) in [4.78, 5) is 23.0. The maximum Gasteiger partial charge on any atom is 0.308 e. The molecule has 0 aromatic carbocycles. The van der Waals surface area contributed by atoms with Crippen LogP contribution in [0.3, 0.4) is 0 Å². The van der Waals surface area contributed by atoms with Crippen LogP contribution in [0.4, 0.5) is 0 Å². The molecule has 2 unspecified atom stereocenters. The van der Waals surface area contributed by atoms with Crippen molar-refractivity contribution in [3.05, 3.63) is 0 Å². The first-order chi connectivity index (χ1) is 8.43. The molecule has 0 fully saturated rings. The molecule has 0 saturated heterocycles. The third-order valence-corrected chi connectivity index (χ3v) is 3.25. The van der Waals surface area contributed by atoms with Crippen LogP contribution in [0.2, 0.25) is 0 Å². The molecule has 0 heterocycles. The van der Waals surface area contributed by atoms with Gasteiger partial charge in [0.15, 0.2) is 0 Å². The highest BCUT2D eigenvalue weighted by atomic mass is 16.4. The Labute approximate surface area is 110 Å². The summed E-state index contributed by atoms with van der Waals surface area (Å²) in [5.74, 6) is -1.01. The van der Waals surface area contributed by atoms with E-state index in [1.54, 1.807) is 0 Å². The van der Waals surface area contributed by atoms with Crippen molar-refractivity contribution in [3.8, 4) is 0 Å². The number of hydrogen-bond acceptors (Lipinski definition) is 2. The van der Waals surface area contributed by atoms with Crippen LogP contribution in [0, 0.1) is 17.8 Å². The molecule has 1 amide bonds. The van der Waals surface area contributed by atoms with E-state index in [1.807, 2.05) is 20.8 Å². The number of rotatable bonds is 9. The second kappa shape index (κ2) is 8.95. The van der Waals surface area contributed by atoms with E-state index >= 15 is 0 Å². The Kier molecular flexibility index (Phi) is 8.42. The van der Waals surface area contributed by atoms with Gasteiger partial charge in [0.25, 0.3) is 0 Å². The van der Waals surface area contributed by atoms with Crippen LogP contribution in [0.25, 0.3) is 0 Å². The standard InChI is InChI=1S/C14H27NO3/c1-5-7-11(14(17)18)9-15-13(16)12(8-6-2)10(3)4/h10-12H,5-9H2,1-4H3,(H,15,16)(H,17,18). The molecular formula is C14H27NO3. The van der Waals surface area contributed by atoms with Gasteiger partial charge in [-0.15, -0.1) is 0 Å². The number of carboxylic acid groups (broad SMARTS) is 1. The van der Waals surface area contributed by atoms with E-state index in [-0.39, 0.29) is 18.4 Å². The Morgan fingerprint density at radius 2 is 1.67 bits per heavy atom. The van der Waals surface area contributed by atoms with Gasteiger partial charge in [-0.25, -0.2) is 0 Å². The van der Waals surface area contributed by atoms with Gasteiger partial charge in [0, 0.05) is 12.5 Å². The molecule has 0 bridgehead atoms. The molecule has 0 rings (SSSR count). The second-order valence-corrected chi connectivity index (χ2v) is 5.21. The summed E-state index contributed by atoms with van der Waals surface area (Å²) in [6.07, 6.45) is 3.24. The molecule has 0 saturated carbocycles. The van der Waals surface area contributed by atoms with Crippen LogP contribution in [0.15, 0.2) is 0 Å². The highest BCUT2D eigenvalue weighted by molar-refractivity contribution is 5.79. The van der Waals surface area contributed by atoms with Crippen LogP contribution in [-0.2, 0) is 9.59 Å². The largest absolute Gasteiger partial charge is 0.481 e. The van der Waals surface area contributed by atoms with Crippen molar-refractivity contribution in [3.63, 3.8) is 0 Å². The Morgan fingerprint density at radius 3 is 2.06 bits per heavy atom. The van der Waals surface area contributed by atoms with Gasteiger partial charge in [0.05, 0.1) is 5.92 Å². The summed E-state index contributed by atoms with van der Waals surface area (Å²) in [6.45, 7) is 8.31. The van der Waals surface area contributed by atoms with Gasteiger partial charge in [0.1, 0.15) is 0 Å². The topological polar surface area (TPSA) is 66.4 Å². The van der Waals surface area contributed by atoms with Crippen LogP contribution in [-0.4, -0.2) is 23.5 Å². The van der Waals surface area contributed by atoms with Crippen molar-refractivity contribution in [1.82, 2.24) is 5.32 Å². The molecule has 106 valence electrons. The summed E-state index contributed by atoms with van der Waals surface area (Å²) in [6, 6.07) is 0. The quantitative estimate of drug-likeness (QED) is 0.667. The number of nitrogens with one attached hydrogen (secondary N) is 1. The first kappa shape index (κ1) is 16.9. The van der Waals surface area contributed by atoms with Crippen LogP contribution in [0.1, 0.15) is 53.4 Å². The molecule has 18 heavy (non-hydrogen) atoms. The smallest absolute Gasteiger partial charge is 0.308 e. The molecule has 2 N–H and O–H groups in total. The van der Waals surface area contributed by atoms with Gasteiger partial charge in [-0.2, -0.15) is 0 Å². The molecule has 4 nitrogen and oxygen atoms in total. The lowest BCUT2D eigenvalue weighted by Gasteiger charge is -2.21. The average Bonchev–Trinajstić information content (AvgIpc) is 2.30. The maximum atomic E-state index is 12.0. The minimum absolute atomic E-state index is 0.00537. The van der Waals surface area contributed by atoms with Gasteiger partial charge in [0.2, 0.25) is 5.91 Å². The molecule has 0 aromatic heterocycles. The van der Waals surface area contributed by atoms with Gasteiger partial charge < -0.3 is 10.4 Å². The summed E-state index contributed by atoms with van der Waals surface area (Å²) in [7, 11) is 0. The zero-order valence-corrected chi connectivity index (χ0v) is 12.0. The lowest BCUT2D eigenvalue weighted by molar-refractivity contribution is -0.142. The van der Waals surface area contributed by atoms with Crippen molar-refractivity contribution in [1.29, 1.82) is 0 Å². The van der Waals surface area contributed by atoms with E-state index in [9.17, 15) is 9.59 Å². The maximum absolute atomic E-state index is 12.0. The Hall–Kier alpha value is -1.06. The van der Waals surface area contributed by atoms with E-state index in [0.29, 0.717) is 12.3 Å². The summed E-state index contributed by atoms with van der Waals surface area (Å²) < 4.78 is 0. The number of carboxylic acids is 1. The molecule has 0 aliphatic rings. The van der Waals surface area contributed by atoms with Crippen molar-refractivity contribution >= 4 is 11.9 Å². The predicted molar refractivity (Wildman–Crippen MR) is 72.3 cm³/mol. The lowest BCUT2D eigenvalue weighted by atomic mass is 9.90. The number of aliphatic carboxylic acids is 1. The Balaban J connectivity index is 4.31. The Bertz CT molecular complexity index is 264. The molecule has 0 aliphatic carbocycles. The van der Waals surface area contributed by atoms with Gasteiger partial charge in [-0.05, 0) is 18.8 Å². The van der Waals surface area contributed by atoms with Crippen molar-refractivity contribution in [2.75, 3.05) is 6.54 Å². The van der Waals surface area contributed by atoms with Gasteiger partial charge >= 0.3 is 5.97 Å². The minimum atomic E-state index is -0.825. The fraction of sp³-hybridized carbons (Fsp3) is 0.857. The van der Waals surface area contributed by atoms with Crippen LogP contribution < -0.4 is 5.32 Å². The first-order valence-corrected chi connectivity index (χ1v) is 6.94. The van der Waals surface area contributed by atoms with Gasteiger partial charge in [-0.3, -0.25) is 9.59 Å². The van der Waals surface area contributed by atoms with E-state index in [1.165, 1.54) is 0 Å². The van der Waals surface area contributed by atoms with E-state index < -0.39 is 11.9 Å². The van der Waals surface area contributed by atoms with Gasteiger partial charge in [-0.1, -0.05) is 40.5 Å². The molecule has 0 radical (unpaired) electrons. The van der Waals surface area contributed by atoms with E-state index in [2.05, 4.69) is 12.2 Å². The summed E-state index contributed by atoms with van der Waals surface area (Å²) in [5, 5.41) is 11.8. The summed E-state index contributed by atoms with van der Waals surface area (Å²) >= 11 is 0. The van der Waals surface area contributed by atoms with E-state index in [4.69, 9.17) is 5.11 Å². The number of amides is 1. The zero-order valence-electron chi connectivity index (χ0n) is 12.0. The lowest BCUT2D eigenvalue weighted by Crippen LogP contribution is -2.38. The molecular weight excluding hydrogens is 230 g/mol. The highest BCUT2D eigenvalue weighted by Gasteiger charge is 2.23. The number of carbonyl (C=O) groups is 2. The normalized spacial score (nSPS) is 14.3. The van der Waals surface area contributed by atoms with E-state index in [0.717, 1.165) is 19.3 Å². The highest BCUT2D eigenvalue weighted by Crippen LogP contribution is 2.17. The van der Waals surface area contributed by atoms with Crippen molar-refractivity contribution < 1.29 is 14.7 Å². The summed E-state index contributed by atoms with van der Waals surface area (Å²) in [5.41, 5.74) is 0. The fourth-order valence-corrected chi connectivity index (χ4v) is 2.09. The number of carbonyl (C=O) groups excluding carboxylic acids is 1. The molecule has 0 aliphatic heterocycles. The predicted octanol–water partition coefficient (Wildman–Crippen LogP) is 2.68. The van der Waals surface area contributed by atoms with Crippen LogP contribution >= 0.6 is 0 Å². The minimum Gasteiger partial charge on any atom is -0.481 e. The molecule has 0 spiro atoms. The molecule has 0 aromatic rings. The molecule has 2 atom stereocenters. The first-order valence-electron chi connectivity index (χ1n) is 6.94. The van der Waals surface area contributed by atoms with Crippen molar-refractivity contribution in [2.24, 2.45) is 17.8 Å². The average molecular weight is 257 g/mol. The number of hydrogen-bond donors (Lipinski definition) is 2. The SMILES string of the molecule is CCCC(CNC(=O)C(CCC)C(C)C)C(=O)O. The zero-order chi connectivity index (χ0) is 14.1. The van der Waals surface area contributed by atoms with Crippen LogP contribution in [0.5, 0.6) is 0 Å². The monoisotopic (exact) mass is 257 g/mol. The Morgan fingerprint density at radius 1 is 1.11 bits per heavy atom. The second-order valence-electron chi connectivity index (χ2n) is 5.21. The fourth-order valence-electron chi connectivity index (χ4n) is 2.09. The molecule has 4 heteroatoms. The van der Waals surface area contributed by atoms with Crippen molar-refractivity contribution in [2.45, 2.75) is 53.4 Å².